The monoisotopic (exact) mass is 270 g/mol. The molecule has 0 aliphatic heterocycles. The van der Waals surface area contributed by atoms with Crippen LogP contribution in [0, 0.1) is 17.0 Å². The lowest BCUT2D eigenvalue weighted by atomic mass is 10.2. The molecular weight excluding hydrogens is 260 g/mol. The Morgan fingerprint density at radius 2 is 2.05 bits per heavy atom. The summed E-state index contributed by atoms with van der Waals surface area (Å²) in [6, 6.07) is 6.33. The molecule has 0 bridgehead atoms. The number of nitrogen functional groups attached to an aromatic ring is 1. The molecule has 0 amide bonds. The highest BCUT2D eigenvalue weighted by atomic mass is 16.6. The third-order valence-corrected chi connectivity index (χ3v) is 2.88. The number of nitro benzene ring substituents is 1. The first-order valence-electron chi connectivity index (χ1n) is 5.79. The van der Waals surface area contributed by atoms with E-state index in [0.717, 1.165) is 0 Å². The molecule has 2 aromatic heterocycles. The van der Waals surface area contributed by atoms with Gasteiger partial charge in [0.2, 0.25) is 0 Å². The minimum absolute atomic E-state index is 0.0488. The molecule has 8 heteroatoms. The first-order valence-corrected chi connectivity index (χ1v) is 5.79. The second-order valence-corrected chi connectivity index (χ2v) is 4.20. The van der Waals surface area contributed by atoms with Gasteiger partial charge in [-0.2, -0.15) is 5.10 Å². The van der Waals surface area contributed by atoms with Crippen molar-refractivity contribution in [1.29, 1.82) is 0 Å². The predicted octanol–water partition coefficient (Wildman–Crippen LogP) is 1.61. The smallest absolute Gasteiger partial charge is 0.294 e. The minimum atomic E-state index is -0.458. The van der Waals surface area contributed by atoms with E-state index in [1.807, 2.05) is 0 Å². The number of benzene rings is 1. The van der Waals surface area contributed by atoms with Crippen LogP contribution in [0.2, 0.25) is 0 Å². The van der Waals surface area contributed by atoms with Crippen molar-refractivity contribution in [3.8, 4) is 5.69 Å². The van der Waals surface area contributed by atoms with E-state index in [1.165, 1.54) is 16.9 Å². The maximum atomic E-state index is 11.1. The van der Waals surface area contributed by atoms with E-state index >= 15 is 0 Å². The van der Waals surface area contributed by atoms with E-state index in [-0.39, 0.29) is 5.69 Å². The number of hydrogen-bond donors (Lipinski definition) is 1. The van der Waals surface area contributed by atoms with Gasteiger partial charge in [0.25, 0.3) is 5.69 Å². The van der Waals surface area contributed by atoms with E-state index < -0.39 is 4.92 Å². The zero-order valence-corrected chi connectivity index (χ0v) is 10.5. The molecular formula is C12H10N6O2. The van der Waals surface area contributed by atoms with Gasteiger partial charge < -0.3 is 5.73 Å². The van der Waals surface area contributed by atoms with E-state index in [0.29, 0.717) is 28.4 Å². The normalized spacial score (nSPS) is 10.8. The summed E-state index contributed by atoms with van der Waals surface area (Å²) < 4.78 is 1.40. The number of rotatable bonds is 2. The largest absolute Gasteiger partial charge is 0.383 e. The summed E-state index contributed by atoms with van der Waals surface area (Å²) in [5.41, 5.74) is 6.55. The van der Waals surface area contributed by atoms with Gasteiger partial charge in [0.15, 0.2) is 5.65 Å². The number of aryl methyl sites for hydroxylation is 1. The molecule has 0 saturated carbocycles. The van der Waals surface area contributed by atoms with Gasteiger partial charge in [0.1, 0.15) is 17.3 Å². The van der Waals surface area contributed by atoms with Crippen LogP contribution in [0.1, 0.15) is 5.82 Å². The van der Waals surface area contributed by atoms with Crippen LogP contribution in [-0.4, -0.2) is 24.7 Å². The van der Waals surface area contributed by atoms with Gasteiger partial charge in [-0.15, -0.1) is 0 Å². The van der Waals surface area contributed by atoms with Crippen LogP contribution >= 0.6 is 0 Å². The molecule has 3 aromatic rings. The molecule has 0 unspecified atom stereocenters. The van der Waals surface area contributed by atoms with Crippen molar-refractivity contribution >= 4 is 22.5 Å². The second kappa shape index (κ2) is 4.26. The molecule has 0 radical (unpaired) electrons. The Morgan fingerprint density at radius 3 is 2.80 bits per heavy atom. The van der Waals surface area contributed by atoms with Crippen LogP contribution in [0.5, 0.6) is 0 Å². The van der Waals surface area contributed by atoms with Gasteiger partial charge >= 0.3 is 0 Å². The molecule has 100 valence electrons. The Labute approximate surface area is 113 Å². The van der Waals surface area contributed by atoms with Crippen molar-refractivity contribution in [3.05, 3.63) is 46.4 Å². The number of nitro groups is 1. The Morgan fingerprint density at radius 1 is 1.30 bits per heavy atom. The highest BCUT2D eigenvalue weighted by Crippen LogP contribution is 2.26. The van der Waals surface area contributed by atoms with Gasteiger partial charge in [-0.3, -0.25) is 10.1 Å². The van der Waals surface area contributed by atoms with Crippen LogP contribution in [0.25, 0.3) is 16.7 Å². The first kappa shape index (κ1) is 12.0. The maximum absolute atomic E-state index is 11.1. The molecule has 1 aromatic carbocycles. The van der Waals surface area contributed by atoms with Crippen LogP contribution in [0.4, 0.5) is 11.5 Å². The lowest BCUT2D eigenvalue weighted by molar-refractivity contribution is -0.384. The van der Waals surface area contributed by atoms with Crippen molar-refractivity contribution in [2.24, 2.45) is 0 Å². The van der Waals surface area contributed by atoms with Crippen molar-refractivity contribution in [1.82, 2.24) is 19.7 Å². The number of anilines is 1. The summed E-state index contributed by atoms with van der Waals surface area (Å²) in [5.74, 6) is 0.785. The molecule has 2 N–H and O–H groups in total. The van der Waals surface area contributed by atoms with Gasteiger partial charge in [-0.05, 0) is 13.0 Å². The van der Waals surface area contributed by atoms with Gasteiger partial charge in [0, 0.05) is 6.07 Å². The summed E-state index contributed by atoms with van der Waals surface area (Å²) >= 11 is 0. The zero-order chi connectivity index (χ0) is 14.3. The summed E-state index contributed by atoms with van der Waals surface area (Å²) in [4.78, 5) is 18.9. The molecule has 0 saturated heterocycles. The molecule has 20 heavy (non-hydrogen) atoms. The SMILES string of the molecule is Cc1nc(N)c2cnn(-c3ccccc3[N+](=O)[O-])c2n1. The highest BCUT2D eigenvalue weighted by Gasteiger charge is 2.18. The quantitative estimate of drug-likeness (QED) is 0.559. The van der Waals surface area contributed by atoms with Crippen molar-refractivity contribution in [2.45, 2.75) is 6.92 Å². The molecule has 2 heterocycles. The minimum Gasteiger partial charge on any atom is -0.383 e. The molecule has 0 spiro atoms. The number of fused-ring (bicyclic) bond motifs is 1. The molecule has 8 nitrogen and oxygen atoms in total. The number of aromatic nitrogens is 4. The average molecular weight is 270 g/mol. The topological polar surface area (TPSA) is 113 Å². The van der Waals surface area contributed by atoms with Gasteiger partial charge in [0.05, 0.1) is 16.5 Å². The lowest BCUT2D eigenvalue weighted by Gasteiger charge is -2.04. The lowest BCUT2D eigenvalue weighted by Crippen LogP contribution is -2.04. The zero-order valence-electron chi connectivity index (χ0n) is 10.5. The Kier molecular flexibility index (Phi) is 2.56. The summed E-state index contributed by atoms with van der Waals surface area (Å²) in [6.45, 7) is 1.70. The van der Waals surface area contributed by atoms with Crippen LogP contribution in [0.15, 0.2) is 30.5 Å². The molecule has 0 aliphatic rings. The molecule has 3 rings (SSSR count). The fourth-order valence-electron chi connectivity index (χ4n) is 2.02. The maximum Gasteiger partial charge on any atom is 0.294 e. The molecule has 0 fully saturated rings. The van der Waals surface area contributed by atoms with Gasteiger partial charge in [-0.1, -0.05) is 12.1 Å². The van der Waals surface area contributed by atoms with Gasteiger partial charge in [-0.25, -0.2) is 14.6 Å². The first-order chi connectivity index (χ1) is 9.58. The Balaban J connectivity index is 2.34. The van der Waals surface area contributed by atoms with E-state index in [9.17, 15) is 10.1 Å². The van der Waals surface area contributed by atoms with E-state index in [1.54, 1.807) is 25.1 Å². The number of nitrogens with zero attached hydrogens (tertiary/aromatic N) is 5. The Bertz CT molecular complexity index is 826. The van der Waals surface area contributed by atoms with Crippen LogP contribution in [0.3, 0.4) is 0 Å². The van der Waals surface area contributed by atoms with Crippen LogP contribution in [-0.2, 0) is 0 Å². The van der Waals surface area contributed by atoms with E-state index in [4.69, 9.17) is 5.73 Å². The number of para-hydroxylation sites is 2. The fraction of sp³-hybridized carbons (Fsp3) is 0.0833. The third kappa shape index (κ3) is 1.74. The van der Waals surface area contributed by atoms with Crippen molar-refractivity contribution in [3.63, 3.8) is 0 Å². The second-order valence-electron chi connectivity index (χ2n) is 4.20. The average Bonchev–Trinajstić information content (AvgIpc) is 2.82. The highest BCUT2D eigenvalue weighted by molar-refractivity contribution is 5.86. The summed E-state index contributed by atoms with van der Waals surface area (Å²) in [6.07, 6.45) is 1.50. The fourth-order valence-corrected chi connectivity index (χ4v) is 2.02. The standard InChI is InChI=1S/C12H10N6O2/c1-7-15-11(13)8-6-14-17(12(8)16-7)9-4-2-3-5-10(9)18(19)20/h2-6H,1H3,(H2,13,15,16). The van der Waals surface area contributed by atoms with E-state index in [2.05, 4.69) is 15.1 Å². The van der Waals surface area contributed by atoms with Crippen molar-refractivity contribution < 1.29 is 4.92 Å². The molecule has 0 aliphatic carbocycles. The number of nitrogens with two attached hydrogens (primary N) is 1. The van der Waals surface area contributed by atoms with Crippen LogP contribution < -0.4 is 5.73 Å². The summed E-state index contributed by atoms with van der Waals surface area (Å²) in [5, 5.41) is 15.8. The summed E-state index contributed by atoms with van der Waals surface area (Å²) in [7, 11) is 0. The van der Waals surface area contributed by atoms with Crippen molar-refractivity contribution in [2.75, 3.05) is 5.73 Å². The molecule has 0 atom stereocenters. The Hall–Kier alpha value is -3.03. The third-order valence-electron chi connectivity index (χ3n) is 2.88. The predicted molar refractivity (Wildman–Crippen MR) is 72.5 cm³/mol. The number of hydrogen-bond acceptors (Lipinski definition) is 6.